The largest absolute Gasteiger partial charge is 0.493 e. The zero-order valence-electron chi connectivity index (χ0n) is 10.8. The van der Waals surface area contributed by atoms with Crippen molar-refractivity contribution in [3.8, 4) is 5.75 Å². The summed E-state index contributed by atoms with van der Waals surface area (Å²) in [5.74, 6) is 1.62. The summed E-state index contributed by atoms with van der Waals surface area (Å²) in [5, 5.41) is 3.41. The lowest BCUT2D eigenvalue weighted by atomic mass is 10.00. The first kappa shape index (κ1) is 12.0. The van der Waals surface area contributed by atoms with Gasteiger partial charge in [0.15, 0.2) is 0 Å². The van der Waals surface area contributed by atoms with Crippen LogP contribution in [0.25, 0.3) is 0 Å². The number of rotatable bonds is 3. The van der Waals surface area contributed by atoms with Crippen molar-refractivity contribution in [3.63, 3.8) is 0 Å². The molecule has 2 heterocycles. The second-order valence-electron chi connectivity index (χ2n) is 5.21. The fraction of sp³-hybridized carbons (Fsp3) is 0.600. The van der Waals surface area contributed by atoms with Crippen molar-refractivity contribution in [1.82, 2.24) is 5.32 Å². The fourth-order valence-corrected chi connectivity index (χ4v) is 2.76. The molecule has 1 saturated heterocycles. The molecule has 0 amide bonds. The lowest BCUT2D eigenvalue weighted by molar-refractivity contribution is 0.0350. The third-order valence-corrected chi connectivity index (χ3v) is 3.83. The summed E-state index contributed by atoms with van der Waals surface area (Å²) in [6, 6.07) is 6.42. The van der Waals surface area contributed by atoms with Crippen molar-refractivity contribution in [1.29, 1.82) is 0 Å². The molecule has 2 aliphatic heterocycles. The van der Waals surface area contributed by atoms with Crippen LogP contribution in [0.1, 0.15) is 24.0 Å². The van der Waals surface area contributed by atoms with Gasteiger partial charge in [-0.2, -0.15) is 0 Å². The van der Waals surface area contributed by atoms with E-state index in [0.29, 0.717) is 5.92 Å². The van der Waals surface area contributed by atoms with Crippen LogP contribution in [0.15, 0.2) is 18.2 Å². The van der Waals surface area contributed by atoms with Gasteiger partial charge in [-0.1, -0.05) is 12.1 Å². The highest BCUT2D eigenvalue weighted by Crippen LogP contribution is 2.26. The van der Waals surface area contributed by atoms with E-state index in [0.717, 1.165) is 45.1 Å². The molecule has 98 valence electrons. The van der Waals surface area contributed by atoms with Crippen LogP contribution in [-0.4, -0.2) is 26.4 Å². The molecule has 2 aliphatic rings. The maximum Gasteiger partial charge on any atom is 0.124 e. The summed E-state index contributed by atoms with van der Waals surface area (Å²) < 4.78 is 11.5. The van der Waals surface area contributed by atoms with Crippen LogP contribution in [0, 0.1) is 5.92 Å². The van der Waals surface area contributed by atoms with E-state index in [1.165, 1.54) is 24.0 Å². The Hall–Kier alpha value is -1.06. The second-order valence-corrected chi connectivity index (χ2v) is 5.21. The fourth-order valence-electron chi connectivity index (χ4n) is 2.76. The van der Waals surface area contributed by atoms with Gasteiger partial charge >= 0.3 is 0 Å². The van der Waals surface area contributed by atoms with E-state index in [4.69, 9.17) is 9.47 Å². The van der Waals surface area contributed by atoms with Crippen LogP contribution < -0.4 is 10.1 Å². The first-order valence-electron chi connectivity index (χ1n) is 6.95. The molecule has 18 heavy (non-hydrogen) atoms. The number of benzene rings is 1. The number of nitrogens with one attached hydrogen (secondary N) is 1. The van der Waals surface area contributed by atoms with Crippen LogP contribution in [0.3, 0.4) is 0 Å². The predicted octanol–water partition coefficient (Wildman–Crippen LogP) is 2.14. The summed E-state index contributed by atoms with van der Waals surface area (Å²) in [6.07, 6.45) is 3.51. The third-order valence-electron chi connectivity index (χ3n) is 3.83. The van der Waals surface area contributed by atoms with Crippen molar-refractivity contribution in [2.45, 2.75) is 25.8 Å². The van der Waals surface area contributed by atoms with Gasteiger partial charge in [0.2, 0.25) is 0 Å². The Bertz CT molecular complexity index is 399. The van der Waals surface area contributed by atoms with E-state index in [-0.39, 0.29) is 0 Å². The summed E-state index contributed by atoms with van der Waals surface area (Å²) in [6.45, 7) is 4.57. The molecule has 1 aromatic rings. The SMILES string of the molecule is c1cc2c(c(OCC3CCCOC3)c1)CNCC2. The highest BCUT2D eigenvalue weighted by atomic mass is 16.5. The monoisotopic (exact) mass is 247 g/mol. The summed E-state index contributed by atoms with van der Waals surface area (Å²) in [4.78, 5) is 0. The van der Waals surface area contributed by atoms with Crippen LogP contribution in [0.5, 0.6) is 5.75 Å². The average Bonchev–Trinajstić information content (AvgIpc) is 2.46. The molecular weight excluding hydrogens is 226 g/mol. The number of hydrogen-bond acceptors (Lipinski definition) is 3. The first-order valence-corrected chi connectivity index (χ1v) is 6.95. The minimum atomic E-state index is 0.561. The zero-order chi connectivity index (χ0) is 12.2. The van der Waals surface area contributed by atoms with Gasteiger partial charge in [-0.05, 0) is 37.4 Å². The number of fused-ring (bicyclic) bond motifs is 1. The molecule has 0 bridgehead atoms. The molecule has 1 atom stereocenters. The lowest BCUT2D eigenvalue weighted by Crippen LogP contribution is -2.26. The standard InChI is InChI=1S/C15H21NO2/c1-4-13-6-7-16-9-14(13)15(5-1)18-11-12-3-2-8-17-10-12/h1,4-5,12,16H,2-3,6-11H2. The number of ether oxygens (including phenoxy) is 2. The highest BCUT2D eigenvalue weighted by Gasteiger charge is 2.17. The molecule has 1 N–H and O–H groups in total. The highest BCUT2D eigenvalue weighted by molar-refractivity contribution is 5.41. The van der Waals surface area contributed by atoms with Gasteiger partial charge in [-0.25, -0.2) is 0 Å². The maximum atomic E-state index is 6.02. The summed E-state index contributed by atoms with van der Waals surface area (Å²) in [5.41, 5.74) is 2.78. The summed E-state index contributed by atoms with van der Waals surface area (Å²) in [7, 11) is 0. The Morgan fingerprint density at radius 3 is 3.28 bits per heavy atom. The van der Waals surface area contributed by atoms with E-state index in [1.54, 1.807) is 0 Å². The Labute approximate surface area is 108 Å². The van der Waals surface area contributed by atoms with Crippen molar-refractivity contribution in [2.75, 3.05) is 26.4 Å². The number of hydrogen-bond donors (Lipinski definition) is 1. The van der Waals surface area contributed by atoms with Gasteiger partial charge in [0.1, 0.15) is 5.75 Å². The molecule has 1 aromatic carbocycles. The van der Waals surface area contributed by atoms with Crippen molar-refractivity contribution >= 4 is 0 Å². The smallest absolute Gasteiger partial charge is 0.124 e. The molecule has 1 fully saturated rings. The topological polar surface area (TPSA) is 30.5 Å². The Morgan fingerprint density at radius 1 is 1.39 bits per heavy atom. The van der Waals surface area contributed by atoms with Gasteiger partial charge in [0.05, 0.1) is 13.2 Å². The predicted molar refractivity (Wildman–Crippen MR) is 70.9 cm³/mol. The van der Waals surface area contributed by atoms with Crippen LogP contribution >= 0.6 is 0 Å². The molecule has 3 rings (SSSR count). The van der Waals surface area contributed by atoms with Gasteiger partial charge in [-0.15, -0.1) is 0 Å². The van der Waals surface area contributed by atoms with E-state index < -0.39 is 0 Å². The Balaban J connectivity index is 1.65. The molecule has 0 spiro atoms. The van der Waals surface area contributed by atoms with Crippen molar-refractivity contribution < 1.29 is 9.47 Å². The van der Waals surface area contributed by atoms with E-state index in [9.17, 15) is 0 Å². The maximum absolute atomic E-state index is 6.02. The van der Waals surface area contributed by atoms with Crippen LogP contribution in [-0.2, 0) is 17.7 Å². The molecule has 0 saturated carbocycles. The van der Waals surface area contributed by atoms with Crippen LogP contribution in [0.2, 0.25) is 0 Å². The molecule has 3 nitrogen and oxygen atoms in total. The quantitative estimate of drug-likeness (QED) is 0.887. The minimum absolute atomic E-state index is 0.561. The van der Waals surface area contributed by atoms with Gasteiger partial charge in [0.25, 0.3) is 0 Å². The zero-order valence-corrected chi connectivity index (χ0v) is 10.8. The van der Waals surface area contributed by atoms with Gasteiger partial charge < -0.3 is 14.8 Å². The molecule has 0 radical (unpaired) electrons. The van der Waals surface area contributed by atoms with Crippen molar-refractivity contribution in [2.24, 2.45) is 5.92 Å². The minimum Gasteiger partial charge on any atom is -0.493 e. The molecule has 3 heteroatoms. The molecule has 1 unspecified atom stereocenters. The Kier molecular flexibility index (Phi) is 3.81. The third kappa shape index (κ3) is 2.68. The molecular formula is C15H21NO2. The van der Waals surface area contributed by atoms with Gasteiger partial charge in [0, 0.05) is 24.6 Å². The van der Waals surface area contributed by atoms with E-state index in [2.05, 4.69) is 23.5 Å². The Morgan fingerprint density at radius 2 is 2.39 bits per heavy atom. The second kappa shape index (κ2) is 5.72. The average molecular weight is 247 g/mol. The van der Waals surface area contributed by atoms with Gasteiger partial charge in [-0.3, -0.25) is 0 Å². The van der Waals surface area contributed by atoms with Crippen molar-refractivity contribution in [3.05, 3.63) is 29.3 Å². The first-order chi connectivity index (χ1) is 8.93. The van der Waals surface area contributed by atoms with Crippen LogP contribution in [0.4, 0.5) is 0 Å². The lowest BCUT2D eigenvalue weighted by Gasteiger charge is -2.24. The van der Waals surface area contributed by atoms with E-state index in [1.807, 2.05) is 0 Å². The molecule has 0 aliphatic carbocycles. The summed E-state index contributed by atoms with van der Waals surface area (Å²) >= 11 is 0. The van der Waals surface area contributed by atoms with E-state index >= 15 is 0 Å². The molecule has 0 aromatic heterocycles. The normalized spacial score (nSPS) is 23.4.